The lowest BCUT2D eigenvalue weighted by Gasteiger charge is -2.12. The summed E-state index contributed by atoms with van der Waals surface area (Å²) in [5, 5.41) is 4.02. The van der Waals surface area contributed by atoms with Crippen molar-refractivity contribution < 1.29 is 9.53 Å². The Morgan fingerprint density at radius 2 is 2.18 bits per heavy atom. The Morgan fingerprint density at radius 3 is 2.86 bits per heavy atom. The second kappa shape index (κ2) is 10.5. The Morgan fingerprint density at radius 1 is 1.41 bits per heavy atom. The fraction of sp³-hybridized carbons (Fsp3) is 0.429. The van der Waals surface area contributed by atoms with E-state index in [2.05, 4.69) is 22.4 Å². The van der Waals surface area contributed by atoms with Gasteiger partial charge in [0.1, 0.15) is 5.75 Å². The molecule has 0 saturated carbocycles. The number of aryl methyl sites for hydroxylation is 1. The van der Waals surface area contributed by atoms with Gasteiger partial charge in [0.15, 0.2) is 11.7 Å². The lowest BCUT2D eigenvalue weighted by molar-refractivity contribution is -0.123. The zero-order valence-corrected chi connectivity index (χ0v) is 15.0. The van der Waals surface area contributed by atoms with Crippen molar-refractivity contribution >= 4 is 46.6 Å². The van der Waals surface area contributed by atoms with Crippen LogP contribution in [0.2, 0.25) is 5.02 Å². The molecule has 0 bridgehead atoms. The molecule has 0 radical (unpaired) electrons. The number of rotatable bonds is 7. The van der Waals surface area contributed by atoms with Crippen molar-refractivity contribution in [3.63, 3.8) is 0 Å². The van der Waals surface area contributed by atoms with Crippen LogP contribution in [0, 0.1) is 6.92 Å². The van der Waals surface area contributed by atoms with E-state index in [1.165, 1.54) is 0 Å². The summed E-state index contributed by atoms with van der Waals surface area (Å²) in [5.41, 5.74) is 5.98. The van der Waals surface area contributed by atoms with E-state index in [1.54, 1.807) is 30.0 Å². The molecule has 1 aromatic rings. The van der Waals surface area contributed by atoms with Gasteiger partial charge < -0.3 is 10.1 Å². The van der Waals surface area contributed by atoms with E-state index in [9.17, 15) is 4.79 Å². The van der Waals surface area contributed by atoms with Crippen LogP contribution >= 0.6 is 35.6 Å². The Balaban J connectivity index is 2.22. The number of ether oxygens (including phenoxy) is 1. The van der Waals surface area contributed by atoms with Crippen molar-refractivity contribution in [2.45, 2.75) is 13.3 Å². The molecule has 0 heterocycles. The van der Waals surface area contributed by atoms with E-state index in [4.69, 9.17) is 28.6 Å². The number of hydrogen-bond acceptors (Lipinski definition) is 4. The van der Waals surface area contributed by atoms with Crippen molar-refractivity contribution in [2.24, 2.45) is 0 Å². The fourth-order valence-corrected chi connectivity index (χ4v) is 2.36. The van der Waals surface area contributed by atoms with Gasteiger partial charge in [0, 0.05) is 11.6 Å². The summed E-state index contributed by atoms with van der Waals surface area (Å²) in [6.07, 6.45) is 3.06. The quantitative estimate of drug-likeness (QED) is 0.393. The highest BCUT2D eigenvalue weighted by Crippen LogP contribution is 2.21. The molecule has 122 valence electrons. The smallest absolute Gasteiger partial charge is 0.276 e. The summed E-state index contributed by atoms with van der Waals surface area (Å²) in [7, 11) is 0. The zero-order valence-electron chi connectivity index (χ0n) is 12.6. The number of carbonyl (C=O) groups is 1. The molecule has 1 aromatic carbocycles. The maximum atomic E-state index is 11.7. The molecule has 0 aliphatic rings. The average Bonchev–Trinajstić information content (AvgIpc) is 2.48. The first-order chi connectivity index (χ1) is 10.5. The molecule has 0 aromatic heterocycles. The van der Waals surface area contributed by atoms with Gasteiger partial charge in [0.2, 0.25) is 0 Å². The number of nitrogens with one attached hydrogen (secondary N) is 3. The standard InChI is InChI=1S/C14H20ClN3O2S2/c1-10-8-11(15)4-5-12(10)20-9-13(19)17-18-14(21)16-6-3-7-22-2/h4-5,8H,3,6-7,9H2,1-2H3,(H,17,19)(H2,16,18,21). The van der Waals surface area contributed by atoms with E-state index >= 15 is 0 Å². The molecular weight excluding hydrogens is 342 g/mol. The van der Waals surface area contributed by atoms with Crippen molar-refractivity contribution in [2.75, 3.05) is 25.2 Å². The molecule has 8 heteroatoms. The zero-order chi connectivity index (χ0) is 16.4. The topological polar surface area (TPSA) is 62.4 Å². The largest absolute Gasteiger partial charge is 0.483 e. The van der Waals surface area contributed by atoms with Gasteiger partial charge in [-0.2, -0.15) is 11.8 Å². The van der Waals surface area contributed by atoms with Gasteiger partial charge in [-0.25, -0.2) is 0 Å². The number of benzene rings is 1. The molecule has 0 saturated heterocycles. The molecule has 0 fully saturated rings. The van der Waals surface area contributed by atoms with Crippen LogP contribution in [0.4, 0.5) is 0 Å². The van der Waals surface area contributed by atoms with E-state index < -0.39 is 0 Å². The second-order valence-electron chi connectivity index (χ2n) is 4.47. The minimum Gasteiger partial charge on any atom is -0.483 e. The number of hydrogen-bond donors (Lipinski definition) is 3. The van der Waals surface area contributed by atoms with Gasteiger partial charge >= 0.3 is 0 Å². The Bertz CT molecular complexity index is 515. The molecule has 0 aliphatic heterocycles. The van der Waals surface area contributed by atoms with Crippen LogP contribution in [0.25, 0.3) is 0 Å². The lowest BCUT2D eigenvalue weighted by atomic mass is 10.2. The number of carbonyl (C=O) groups excluding carboxylic acids is 1. The second-order valence-corrected chi connectivity index (χ2v) is 6.30. The summed E-state index contributed by atoms with van der Waals surface area (Å²) >= 11 is 12.7. The van der Waals surface area contributed by atoms with Crippen molar-refractivity contribution in [3.8, 4) is 5.75 Å². The maximum absolute atomic E-state index is 11.7. The van der Waals surface area contributed by atoms with Gasteiger partial charge in [0.05, 0.1) is 0 Å². The molecule has 0 spiro atoms. The third-order valence-electron chi connectivity index (χ3n) is 2.62. The normalized spacial score (nSPS) is 9.95. The first-order valence-electron chi connectivity index (χ1n) is 6.73. The van der Waals surface area contributed by atoms with Crippen LogP contribution in [-0.4, -0.2) is 36.2 Å². The monoisotopic (exact) mass is 361 g/mol. The highest BCUT2D eigenvalue weighted by atomic mass is 35.5. The fourth-order valence-electron chi connectivity index (χ4n) is 1.54. The minimum absolute atomic E-state index is 0.107. The number of amides is 1. The average molecular weight is 362 g/mol. The van der Waals surface area contributed by atoms with Crippen molar-refractivity contribution in [1.29, 1.82) is 0 Å². The van der Waals surface area contributed by atoms with Gasteiger partial charge in [-0.1, -0.05) is 11.6 Å². The predicted molar refractivity (Wildman–Crippen MR) is 96.6 cm³/mol. The summed E-state index contributed by atoms with van der Waals surface area (Å²) in [6.45, 7) is 2.53. The van der Waals surface area contributed by atoms with Crippen molar-refractivity contribution in [3.05, 3.63) is 28.8 Å². The highest BCUT2D eigenvalue weighted by molar-refractivity contribution is 7.98. The van der Waals surface area contributed by atoms with E-state index in [0.29, 0.717) is 15.9 Å². The Hall–Kier alpha value is -1.18. The van der Waals surface area contributed by atoms with Gasteiger partial charge in [-0.15, -0.1) is 0 Å². The van der Waals surface area contributed by atoms with Crippen molar-refractivity contribution in [1.82, 2.24) is 16.2 Å². The number of thiocarbonyl (C=S) groups is 1. The van der Waals surface area contributed by atoms with Gasteiger partial charge in [-0.05, 0) is 61.3 Å². The third-order valence-corrected chi connectivity index (χ3v) is 3.80. The van der Waals surface area contributed by atoms with Gasteiger partial charge in [-0.3, -0.25) is 15.6 Å². The Kier molecular flexibility index (Phi) is 9.03. The summed E-state index contributed by atoms with van der Waals surface area (Å²) in [5.74, 6) is 1.37. The molecule has 0 aliphatic carbocycles. The van der Waals surface area contributed by atoms with Crippen LogP contribution in [-0.2, 0) is 4.79 Å². The lowest BCUT2D eigenvalue weighted by Crippen LogP contribution is -2.48. The Labute approximate surface area is 145 Å². The summed E-state index contributed by atoms with van der Waals surface area (Å²) in [6, 6.07) is 5.23. The van der Waals surface area contributed by atoms with Crippen LogP contribution < -0.4 is 20.9 Å². The molecular formula is C14H20ClN3O2S2. The van der Waals surface area contributed by atoms with E-state index in [0.717, 1.165) is 24.3 Å². The van der Waals surface area contributed by atoms with Gasteiger partial charge in [0.25, 0.3) is 5.91 Å². The van der Waals surface area contributed by atoms with Crippen LogP contribution in [0.3, 0.4) is 0 Å². The first kappa shape index (κ1) is 18.9. The van der Waals surface area contributed by atoms with Crippen LogP contribution in [0.15, 0.2) is 18.2 Å². The predicted octanol–water partition coefficient (Wildman–Crippen LogP) is 2.28. The molecule has 1 amide bonds. The van der Waals surface area contributed by atoms with Crippen LogP contribution in [0.5, 0.6) is 5.75 Å². The highest BCUT2D eigenvalue weighted by Gasteiger charge is 2.05. The van der Waals surface area contributed by atoms with E-state index in [1.807, 2.05) is 6.92 Å². The SMILES string of the molecule is CSCCCNC(=S)NNC(=O)COc1ccc(Cl)cc1C. The molecule has 22 heavy (non-hydrogen) atoms. The molecule has 3 N–H and O–H groups in total. The number of hydrazine groups is 1. The summed E-state index contributed by atoms with van der Waals surface area (Å²) in [4.78, 5) is 11.7. The maximum Gasteiger partial charge on any atom is 0.276 e. The minimum atomic E-state index is -0.317. The molecule has 1 rings (SSSR count). The number of thioether (sulfide) groups is 1. The summed E-state index contributed by atoms with van der Waals surface area (Å²) < 4.78 is 5.42. The number of halogens is 1. The third kappa shape index (κ3) is 7.72. The van der Waals surface area contributed by atoms with E-state index in [-0.39, 0.29) is 12.5 Å². The first-order valence-corrected chi connectivity index (χ1v) is 8.91. The molecule has 0 unspecified atom stereocenters. The van der Waals surface area contributed by atoms with Crippen LogP contribution in [0.1, 0.15) is 12.0 Å². The molecule has 5 nitrogen and oxygen atoms in total. The molecule has 0 atom stereocenters.